The minimum Gasteiger partial charge on any atom is -0.496 e. The molecule has 0 heterocycles. The number of sulfonamides is 1. The number of benzene rings is 1. The summed E-state index contributed by atoms with van der Waals surface area (Å²) in [4.78, 5) is 22.9. The predicted molar refractivity (Wildman–Crippen MR) is 94.6 cm³/mol. The third-order valence-electron chi connectivity index (χ3n) is 4.76. The molecule has 1 aromatic rings. The van der Waals surface area contributed by atoms with Crippen molar-refractivity contribution in [2.45, 2.75) is 30.6 Å². The van der Waals surface area contributed by atoms with E-state index in [1.165, 1.54) is 26.4 Å². The van der Waals surface area contributed by atoms with Crippen molar-refractivity contribution in [2.75, 3.05) is 27.9 Å². The van der Waals surface area contributed by atoms with Crippen molar-refractivity contribution in [1.29, 1.82) is 0 Å². The number of hydrogen-bond acceptors (Lipinski definition) is 7. The second kappa shape index (κ2) is 8.13. The van der Waals surface area contributed by atoms with Gasteiger partial charge in [-0.25, -0.2) is 17.9 Å². The van der Waals surface area contributed by atoms with Crippen LogP contribution in [0.15, 0.2) is 17.0 Å². The Morgan fingerprint density at radius 3 is 2.30 bits per heavy atom. The van der Waals surface area contributed by atoms with Crippen molar-refractivity contribution < 1.29 is 37.3 Å². The lowest BCUT2D eigenvalue weighted by atomic mass is 9.67. The number of nitrogens with one attached hydrogen (secondary N) is 1. The number of carbonyl (C=O) groups is 2. The highest BCUT2D eigenvalue weighted by atomic mass is 32.2. The Kier molecular flexibility index (Phi) is 6.32. The lowest BCUT2D eigenvalue weighted by Gasteiger charge is -2.40. The van der Waals surface area contributed by atoms with E-state index >= 15 is 0 Å². The normalized spacial score (nSPS) is 15.5. The van der Waals surface area contributed by atoms with Gasteiger partial charge in [0.2, 0.25) is 10.0 Å². The smallest absolute Gasteiger partial charge is 0.345 e. The van der Waals surface area contributed by atoms with E-state index in [0.717, 1.165) is 13.5 Å². The van der Waals surface area contributed by atoms with Gasteiger partial charge in [-0.3, -0.25) is 4.79 Å². The number of esters is 1. The van der Waals surface area contributed by atoms with Crippen molar-refractivity contribution in [2.24, 2.45) is 5.41 Å². The predicted octanol–water partition coefficient (Wildman–Crippen LogP) is 1.41. The molecule has 1 aromatic carbocycles. The van der Waals surface area contributed by atoms with E-state index in [1.54, 1.807) is 0 Å². The molecule has 27 heavy (non-hydrogen) atoms. The van der Waals surface area contributed by atoms with Gasteiger partial charge in [-0.1, -0.05) is 6.42 Å². The first kappa shape index (κ1) is 21.0. The molecule has 1 saturated carbocycles. The molecule has 0 spiro atoms. The van der Waals surface area contributed by atoms with Gasteiger partial charge in [-0.05, 0) is 30.4 Å². The van der Waals surface area contributed by atoms with Crippen molar-refractivity contribution in [3.05, 3.63) is 17.7 Å². The van der Waals surface area contributed by atoms with E-state index in [1.807, 2.05) is 0 Å². The summed E-state index contributed by atoms with van der Waals surface area (Å²) < 4.78 is 43.1. The molecule has 1 aliphatic carbocycles. The van der Waals surface area contributed by atoms with Gasteiger partial charge in [-0.2, -0.15) is 0 Å². The fourth-order valence-electron chi connectivity index (χ4n) is 3.16. The van der Waals surface area contributed by atoms with Gasteiger partial charge in [0.05, 0.1) is 27.8 Å². The van der Waals surface area contributed by atoms with E-state index in [4.69, 9.17) is 19.3 Å². The molecule has 0 unspecified atom stereocenters. The van der Waals surface area contributed by atoms with Gasteiger partial charge in [-0.15, -0.1) is 0 Å². The molecular formula is C17H23NO8S. The van der Waals surface area contributed by atoms with Crippen LogP contribution in [0.4, 0.5) is 0 Å². The minimum atomic E-state index is -4.07. The number of carboxylic acid groups (broad SMARTS) is 1. The molecule has 0 atom stereocenters. The Bertz CT molecular complexity index is 830. The van der Waals surface area contributed by atoms with E-state index in [9.17, 15) is 18.0 Å². The molecular weight excluding hydrogens is 378 g/mol. The maximum absolute atomic E-state index is 12.8. The van der Waals surface area contributed by atoms with E-state index < -0.39 is 27.4 Å². The lowest BCUT2D eigenvalue weighted by Crippen LogP contribution is -2.43. The van der Waals surface area contributed by atoms with E-state index in [2.05, 4.69) is 4.72 Å². The topological polar surface area (TPSA) is 128 Å². The highest BCUT2D eigenvalue weighted by Gasteiger charge is 2.40. The summed E-state index contributed by atoms with van der Waals surface area (Å²) in [6.07, 6.45) is 2.01. The standard InChI is InChI=1S/C17H23NO8S/c1-24-11-5-6-12(15(25-2)14(11)16(21)26-3)27(22,23)18-10-17(7-4-8-17)9-13(19)20/h5-6,18H,4,7-10H2,1-3H3,(H,19,20). The van der Waals surface area contributed by atoms with Crippen LogP contribution in [0.3, 0.4) is 0 Å². The molecule has 2 rings (SSSR count). The van der Waals surface area contributed by atoms with Crippen LogP contribution >= 0.6 is 0 Å². The number of hydrogen-bond donors (Lipinski definition) is 2. The van der Waals surface area contributed by atoms with Gasteiger partial charge >= 0.3 is 11.9 Å². The van der Waals surface area contributed by atoms with Crippen LogP contribution in [0.1, 0.15) is 36.0 Å². The Labute approximate surface area is 157 Å². The fraction of sp³-hybridized carbons (Fsp3) is 0.529. The second-order valence-corrected chi connectivity index (χ2v) is 8.15. The first-order valence-electron chi connectivity index (χ1n) is 8.24. The molecule has 0 aliphatic heterocycles. The zero-order valence-corrected chi connectivity index (χ0v) is 16.2. The van der Waals surface area contributed by atoms with Gasteiger partial charge in [0.1, 0.15) is 16.2 Å². The molecule has 9 nitrogen and oxygen atoms in total. The van der Waals surface area contributed by atoms with Crippen LogP contribution in [-0.2, 0) is 19.6 Å². The number of carbonyl (C=O) groups excluding carboxylic acids is 1. The average Bonchev–Trinajstić information content (AvgIpc) is 2.61. The SMILES string of the molecule is COC(=O)c1c(OC)ccc(S(=O)(=O)NCC2(CC(=O)O)CCC2)c1OC. The molecule has 150 valence electrons. The summed E-state index contributed by atoms with van der Waals surface area (Å²) in [6.45, 7) is -0.00955. The number of ether oxygens (including phenoxy) is 3. The number of methoxy groups -OCH3 is 3. The second-order valence-electron chi connectivity index (χ2n) is 6.41. The highest BCUT2D eigenvalue weighted by molar-refractivity contribution is 7.89. The summed E-state index contributed by atoms with van der Waals surface area (Å²) in [6, 6.07) is 2.59. The van der Waals surface area contributed by atoms with E-state index in [-0.39, 0.29) is 34.9 Å². The molecule has 0 amide bonds. The van der Waals surface area contributed by atoms with Crippen LogP contribution in [-0.4, -0.2) is 53.3 Å². The molecule has 0 radical (unpaired) electrons. The monoisotopic (exact) mass is 401 g/mol. The molecule has 0 saturated heterocycles. The zero-order valence-electron chi connectivity index (χ0n) is 15.4. The van der Waals surface area contributed by atoms with Gasteiger partial charge in [0, 0.05) is 6.54 Å². The first-order chi connectivity index (χ1) is 12.7. The number of carboxylic acids is 1. The third kappa shape index (κ3) is 4.33. The quantitative estimate of drug-likeness (QED) is 0.595. The lowest BCUT2D eigenvalue weighted by molar-refractivity contribution is -0.141. The highest BCUT2D eigenvalue weighted by Crippen LogP contribution is 2.44. The molecule has 2 N–H and O–H groups in total. The van der Waals surface area contributed by atoms with Crippen molar-refractivity contribution >= 4 is 22.0 Å². The summed E-state index contributed by atoms with van der Waals surface area (Å²) >= 11 is 0. The maximum atomic E-state index is 12.8. The van der Waals surface area contributed by atoms with Gasteiger partial charge in [0.25, 0.3) is 0 Å². The van der Waals surface area contributed by atoms with Gasteiger partial charge in [0.15, 0.2) is 5.75 Å². The summed E-state index contributed by atoms with van der Waals surface area (Å²) in [5.41, 5.74) is -0.738. The van der Waals surface area contributed by atoms with Crippen LogP contribution < -0.4 is 14.2 Å². The molecule has 10 heteroatoms. The van der Waals surface area contributed by atoms with Crippen molar-refractivity contribution in [1.82, 2.24) is 4.72 Å². The zero-order chi connectivity index (χ0) is 20.2. The third-order valence-corrected chi connectivity index (χ3v) is 6.19. The summed E-state index contributed by atoms with van der Waals surface area (Å²) in [7, 11) is -0.342. The largest absolute Gasteiger partial charge is 0.496 e. The summed E-state index contributed by atoms with van der Waals surface area (Å²) in [5.74, 6) is -1.86. The van der Waals surface area contributed by atoms with Crippen LogP contribution in [0.2, 0.25) is 0 Å². The van der Waals surface area contributed by atoms with Gasteiger partial charge < -0.3 is 19.3 Å². The molecule has 1 fully saturated rings. The minimum absolute atomic E-state index is 0.00955. The number of rotatable bonds is 9. The Hall–Kier alpha value is -2.33. The van der Waals surface area contributed by atoms with Crippen molar-refractivity contribution in [3.8, 4) is 11.5 Å². The Balaban J connectivity index is 2.38. The average molecular weight is 401 g/mol. The molecule has 1 aliphatic rings. The fourth-order valence-corrected chi connectivity index (χ4v) is 4.49. The molecule has 0 bridgehead atoms. The first-order valence-corrected chi connectivity index (χ1v) is 9.73. The Morgan fingerprint density at radius 2 is 1.85 bits per heavy atom. The van der Waals surface area contributed by atoms with Crippen LogP contribution in [0.5, 0.6) is 11.5 Å². The molecule has 0 aromatic heterocycles. The van der Waals surface area contributed by atoms with Crippen LogP contribution in [0.25, 0.3) is 0 Å². The summed E-state index contributed by atoms with van der Waals surface area (Å²) in [5, 5.41) is 9.06. The maximum Gasteiger partial charge on any atom is 0.345 e. The number of aliphatic carboxylic acids is 1. The van der Waals surface area contributed by atoms with Crippen molar-refractivity contribution in [3.63, 3.8) is 0 Å². The van der Waals surface area contributed by atoms with Crippen LogP contribution in [0, 0.1) is 5.41 Å². The Morgan fingerprint density at radius 1 is 1.19 bits per heavy atom. The van der Waals surface area contributed by atoms with E-state index in [0.29, 0.717) is 12.8 Å².